The summed E-state index contributed by atoms with van der Waals surface area (Å²) in [5.74, 6) is -9.54. The Morgan fingerprint density at radius 3 is 2.22 bits per heavy atom. The summed E-state index contributed by atoms with van der Waals surface area (Å²) in [6, 6.07) is 4.17. The molecule has 2 saturated carbocycles. The van der Waals surface area contributed by atoms with Crippen LogP contribution < -0.4 is 0 Å². The predicted octanol–water partition coefficient (Wildman–Crippen LogP) is 0.779. The van der Waals surface area contributed by atoms with Gasteiger partial charge in [-0.1, -0.05) is 13.8 Å². The molecule has 2 aliphatic carbocycles. The molecule has 298 valence electrons. The summed E-state index contributed by atoms with van der Waals surface area (Å²) in [7, 11) is 0. The van der Waals surface area contributed by atoms with Gasteiger partial charge in [-0.05, 0) is 32.0 Å². The summed E-state index contributed by atoms with van der Waals surface area (Å²) >= 11 is 0. The fourth-order valence-electron chi connectivity index (χ4n) is 9.10. The van der Waals surface area contributed by atoms with E-state index in [9.17, 15) is 44.1 Å². The number of hydrogen-bond donors (Lipinski definition) is 3. The van der Waals surface area contributed by atoms with Crippen LogP contribution in [0.25, 0.3) is 0 Å². The number of nitrogens with zero attached hydrogens (tertiary/aromatic N) is 1. The highest BCUT2D eigenvalue weighted by molar-refractivity contribution is 5.91. The number of carbonyl (C=O) groups is 6. The number of pyridine rings is 1. The van der Waals surface area contributed by atoms with Gasteiger partial charge in [0.2, 0.25) is 0 Å². The molecule has 6 rings (SSSR count). The zero-order valence-corrected chi connectivity index (χ0v) is 31.1. The molecule has 55 heavy (non-hydrogen) atoms. The van der Waals surface area contributed by atoms with Gasteiger partial charge in [0.05, 0.1) is 41.0 Å². The van der Waals surface area contributed by atoms with Crippen LogP contribution in [0.3, 0.4) is 0 Å². The number of ether oxygens (including phenoxy) is 7. The van der Waals surface area contributed by atoms with Crippen molar-refractivity contribution in [3.05, 3.63) is 53.7 Å². The number of aromatic nitrogens is 1. The summed E-state index contributed by atoms with van der Waals surface area (Å²) in [6.07, 6.45) is -8.70. The van der Waals surface area contributed by atoms with E-state index in [1.54, 1.807) is 6.92 Å². The SMILES string of the molecule is CC(=O)O[C@@H]1[C@@H]2[C@@H](O)[C@@]34O[C@@]2(C)COC(=O)c2cccnc2[C@H](C)[C@H](C)C(=O)O[C@@H]([C@H](O)[C@H](OC(C)=O)[C@@]3(COC(=O)c2ccoc2)[C@@H]1OC(C)=O)[C@]4(C)O. The van der Waals surface area contributed by atoms with Gasteiger partial charge in [-0.15, -0.1) is 0 Å². The van der Waals surface area contributed by atoms with E-state index in [0.29, 0.717) is 0 Å². The minimum absolute atomic E-state index is 0.0213. The number of furan rings is 1. The van der Waals surface area contributed by atoms with Gasteiger partial charge in [0.25, 0.3) is 0 Å². The zero-order chi connectivity index (χ0) is 40.4. The molecular formula is C37H43NO17. The second kappa shape index (κ2) is 14.0. The molecule has 13 atom stereocenters. The van der Waals surface area contributed by atoms with Crippen molar-refractivity contribution >= 4 is 35.8 Å². The Hall–Kier alpha value is -4.91. The molecule has 1 saturated heterocycles. The van der Waals surface area contributed by atoms with E-state index in [0.717, 1.165) is 34.0 Å². The molecule has 0 amide bonds. The Kier molecular flexibility index (Phi) is 10.1. The third-order valence-electron chi connectivity index (χ3n) is 11.6. The average Bonchev–Trinajstić information content (AvgIpc) is 3.72. The third-order valence-corrected chi connectivity index (χ3v) is 11.6. The number of rotatable bonds is 6. The lowest BCUT2D eigenvalue weighted by Crippen LogP contribution is -2.88. The largest absolute Gasteiger partial charge is 0.472 e. The lowest BCUT2D eigenvalue weighted by molar-refractivity contribution is -0.386. The standard InChI is InChI=1S/C37H43NO17/c1-16-17(2)31(44)54-28-25(42)29(52-19(4)40)36(15-50-32(45)21-10-12-48-13-21)30(53-20(5)41)26(51-18(3)39)23-27(43)37(36,35(28,7)47)55-34(23,6)14-49-33(46)22-9-8-11-38-24(16)22/h8-13,16-17,23,25-30,42-43,47H,14-15H2,1-7H3/t16-,17+,23-,25+,26-,27-,28+,29+,30-,34+,35+,36+,37+/m1/s1. The van der Waals surface area contributed by atoms with Crippen LogP contribution >= 0.6 is 0 Å². The number of esters is 6. The lowest BCUT2D eigenvalue weighted by Gasteiger charge is -2.67. The first-order valence-electron chi connectivity index (χ1n) is 17.6. The van der Waals surface area contributed by atoms with Crippen molar-refractivity contribution in [3.63, 3.8) is 0 Å². The maximum atomic E-state index is 14.1. The van der Waals surface area contributed by atoms with Crippen molar-refractivity contribution in [2.24, 2.45) is 17.3 Å². The van der Waals surface area contributed by atoms with Crippen molar-refractivity contribution in [2.75, 3.05) is 13.2 Å². The van der Waals surface area contributed by atoms with Gasteiger partial charge in [0.15, 0.2) is 12.2 Å². The summed E-state index contributed by atoms with van der Waals surface area (Å²) in [4.78, 5) is 84.7. The second-order valence-electron chi connectivity index (χ2n) is 15.0. The first kappa shape index (κ1) is 39.8. The Bertz CT molecular complexity index is 1880. The van der Waals surface area contributed by atoms with Crippen molar-refractivity contribution in [1.29, 1.82) is 0 Å². The molecule has 4 heterocycles. The highest BCUT2D eigenvalue weighted by Gasteiger charge is 2.90. The number of hydrogen-bond acceptors (Lipinski definition) is 18. The topological polar surface area (TPSA) is 254 Å². The third kappa shape index (κ3) is 5.96. The first-order chi connectivity index (χ1) is 25.7. The number of aliphatic hydroxyl groups excluding tert-OH is 2. The van der Waals surface area contributed by atoms with Crippen LogP contribution in [0.5, 0.6) is 0 Å². The van der Waals surface area contributed by atoms with E-state index in [2.05, 4.69) is 4.98 Å². The minimum atomic E-state index is -2.79. The fraction of sp³-hybridized carbons (Fsp3) is 0.595. The van der Waals surface area contributed by atoms with Crippen LogP contribution in [0.4, 0.5) is 0 Å². The number of aliphatic hydroxyl groups is 3. The van der Waals surface area contributed by atoms with E-state index in [4.69, 9.17) is 37.6 Å². The molecule has 2 aliphatic heterocycles. The highest BCUT2D eigenvalue weighted by atomic mass is 16.6. The van der Waals surface area contributed by atoms with Crippen molar-refractivity contribution in [3.8, 4) is 0 Å². The van der Waals surface area contributed by atoms with Gasteiger partial charge in [-0.3, -0.25) is 24.2 Å². The molecule has 0 aromatic carbocycles. The van der Waals surface area contributed by atoms with Crippen LogP contribution in [-0.2, 0) is 52.3 Å². The van der Waals surface area contributed by atoms with Crippen molar-refractivity contribution in [1.82, 2.24) is 4.98 Å². The maximum Gasteiger partial charge on any atom is 0.341 e. The molecule has 18 heteroatoms. The molecule has 0 unspecified atom stereocenters. The molecule has 1 spiro atoms. The predicted molar refractivity (Wildman–Crippen MR) is 178 cm³/mol. The van der Waals surface area contributed by atoms with Crippen LogP contribution in [0.1, 0.15) is 80.8 Å². The molecule has 0 radical (unpaired) electrons. The zero-order valence-electron chi connectivity index (χ0n) is 31.1. The van der Waals surface area contributed by atoms with Crippen molar-refractivity contribution < 1.29 is 81.7 Å². The van der Waals surface area contributed by atoms with Gasteiger partial charge in [-0.2, -0.15) is 0 Å². The summed E-state index contributed by atoms with van der Waals surface area (Å²) in [6.45, 7) is 6.67. The quantitative estimate of drug-likeness (QED) is 0.271. The van der Waals surface area contributed by atoms with Crippen LogP contribution in [0.15, 0.2) is 41.3 Å². The monoisotopic (exact) mass is 773 g/mol. The molecule has 2 aromatic heterocycles. The van der Waals surface area contributed by atoms with Gasteiger partial charge >= 0.3 is 35.8 Å². The Balaban J connectivity index is 1.68. The molecule has 4 bridgehead atoms. The van der Waals surface area contributed by atoms with E-state index < -0.39 is 126 Å². The van der Waals surface area contributed by atoms with E-state index >= 15 is 0 Å². The van der Waals surface area contributed by atoms with Crippen LogP contribution in [0, 0.1) is 17.3 Å². The van der Waals surface area contributed by atoms with E-state index in [1.165, 1.54) is 44.5 Å². The van der Waals surface area contributed by atoms with Gasteiger partial charge < -0.3 is 52.9 Å². The minimum Gasteiger partial charge on any atom is -0.472 e. The van der Waals surface area contributed by atoms with E-state index in [1.807, 2.05) is 0 Å². The second-order valence-corrected chi connectivity index (χ2v) is 15.0. The van der Waals surface area contributed by atoms with Crippen molar-refractivity contribution in [2.45, 2.75) is 108 Å². The highest BCUT2D eigenvalue weighted by Crippen LogP contribution is 2.69. The first-order valence-corrected chi connectivity index (χ1v) is 17.6. The maximum absolute atomic E-state index is 14.1. The van der Waals surface area contributed by atoms with Crippen LogP contribution in [-0.4, -0.2) is 123 Å². The number of cyclic esters (lactones) is 1. The molecule has 2 aromatic rings. The fourth-order valence-corrected chi connectivity index (χ4v) is 9.10. The van der Waals surface area contributed by atoms with E-state index in [-0.39, 0.29) is 16.8 Å². The Morgan fingerprint density at radius 2 is 1.60 bits per heavy atom. The molecule has 3 N–H and O–H groups in total. The summed E-state index contributed by atoms with van der Waals surface area (Å²) in [5, 5.41) is 38.1. The Morgan fingerprint density at radius 1 is 0.945 bits per heavy atom. The smallest absolute Gasteiger partial charge is 0.341 e. The van der Waals surface area contributed by atoms with Crippen LogP contribution in [0.2, 0.25) is 0 Å². The van der Waals surface area contributed by atoms with Gasteiger partial charge in [0, 0.05) is 32.9 Å². The lowest BCUT2D eigenvalue weighted by atomic mass is 9.45. The molecule has 4 aliphatic rings. The molecular weight excluding hydrogens is 730 g/mol. The molecule has 3 fully saturated rings. The number of fused-ring (bicyclic) bond motifs is 5. The number of carbonyl (C=O) groups excluding carboxylic acids is 6. The summed E-state index contributed by atoms with van der Waals surface area (Å²) in [5.41, 5.74) is -10.1. The normalized spacial score (nSPS) is 39.4. The van der Waals surface area contributed by atoms with Gasteiger partial charge in [-0.25, -0.2) is 9.59 Å². The Labute approximate surface area is 314 Å². The summed E-state index contributed by atoms with van der Waals surface area (Å²) < 4.78 is 46.8. The average molecular weight is 774 g/mol. The molecule has 18 nitrogen and oxygen atoms in total. The van der Waals surface area contributed by atoms with Gasteiger partial charge in [0.1, 0.15) is 60.0 Å².